The second-order valence-corrected chi connectivity index (χ2v) is 8.77. The highest BCUT2D eigenvalue weighted by Crippen LogP contribution is 2.14. The Morgan fingerprint density at radius 1 is 0.679 bits per heavy atom. The van der Waals surface area contributed by atoms with Gasteiger partial charge in [-0.25, -0.2) is 0 Å². The smallest absolute Gasteiger partial charge is 0.303 e. The number of unbranched alkanes of at least 4 members (excludes halogenated alkanes) is 14. The third-order valence-corrected chi connectivity index (χ3v) is 6.00. The molecule has 0 amide bonds. The van der Waals surface area contributed by atoms with Gasteiger partial charge in [0.15, 0.2) is 0 Å². The summed E-state index contributed by atoms with van der Waals surface area (Å²) in [6, 6.07) is 0.394. The average Bonchev–Trinajstić information content (AvgIpc) is 2.68. The predicted octanol–water partition coefficient (Wildman–Crippen LogP) is 7.82. The number of carboxylic acid groups (broad SMARTS) is 1. The molecule has 1 unspecified atom stereocenters. The molecule has 0 rings (SSSR count). The van der Waals surface area contributed by atoms with Crippen LogP contribution in [0.25, 0.3) is 0 Å². The highest BCUT2D eigenvalue weighted by Gasteiger charge is 2.14. The summed E-state index contributed by atoms with van der Waals surface area (Å²) in [6.07, 6.45) is 22.7. The minimum absolute atomic E-state index is 0.298. The topological polar surface area (TPSA) is 40.5 Å². The van der Waals surface area contributed by atoms with E-state index in [4.69, 9.17) is 5.11 Å². The summed E-state index contributed by atoms with van der Waals surface area (Å²) in [6.45, 7) is 9.05. The quantitative estimate of drug-likeness (QED) is 0.189. The molecule has 3 nitrogen and oxygen atoms in total. The van der Waals surface area contributed by atoms with Crippen LogP contribution >= 0.6 is 0 Å². The van der Waals surface area contributed by atoms with Crippen molar-refractivity contribution in [3.8, 4) is 0 Å². The second-order valence-electron chi connectivity index (χ2n) is 8.77. The van der Waals surface area contributed by atoms with Gasteiger partial charge in [-0.05, 0) is 39.3 Å². The van der Waals surface area contributed by atoms with E-state index in [1.54, 1.807) is 0 Å². The first-order valence-corrected chi connectivity index (χ1v) is 12.6. The summed E-state index contributed by atoms with van der Waals surface area (Å²) in [7, 11) is 0. The molecule has 0 aliphatic heterocycles. The van der Waals surface area contributed by atoms with Crippen LogP contribution in [0.1, 0.15) is 136 Å². The fraction of sp³-hybridized carbons (Fsp3) is 0.960. The summed E-state index contributed by atoms with van der Waals surface area (Å²) in [5.74, 6) is -0.661. The first-order chi connectivity index (χ1) is 13.6. The Bertz CT molecular complexity index is 313. The molecule has 0 aromatic heterocycles. The zero-order chi connectivity index (χ0) is 20.9. The molecule has 0 saturated heterocycles. The maximum Gasteiger partial charge on any atom is 0.303 e. The fourth-order valence-corrected chi connectivity index (χ4v) is 3.97. The largest absolute Gasteiger partial charge is 0.481 e. The number of rotatable bonds is 22. The number of hydrogen-bond donors (Lipinski definition) is 1. The number of aliphatic carboxylic acids is 1. The summed E-state index contributed by atoms with van der Waals surface area (Å²) in [4.78, 5) is 13.5. The first-order valence-electron chi connectivity index (χ1n) is 12.6. The van der Waals surface area contributed by atoms with Gasteiger partial charge < -0.3 is 10.0 Å². The lowest BCUT2D eigenvalue weighted by molar-refractivity contribution is -0.137. The van der Waals surface area contributed by atoms with E-state index in [-0.39, 0.29) is 0 Å². The summed E-state index contributed by atoms with van der Waals surface area (Å²) in [5.41, 5.74) is 0. The highest BCUT2D eigenvalue weighted by atomic mass is 16.4. The molecule has 1 atom stereocenters. The van der Waals surface area contributed by atoms with Crippen LogP contribution in [-0.2, 0) is 4.79 Å². The van der Waals surface area contributed by atoms with Crippen molar-refractivity contribution in [1.29, 1.82) is 0 Å². The molecule has 0 bridgehead atoms. The predicted molar refractivity (Wildman–Crippen MR) is 123 cm³/mol. The van der Waals surface area contributed by atoms with Crippen LogP contribution in [0.3, 0.4) is 0 Å². The molecule has 0 radical (unpaired) electrons. The molecule has 0 saturated carbocycles. The SMILES string of the molecule is CCCCCCCCCCN(CCCCCCCCCC)C(C)CCC(=O)O. The van der Waals surface area contributed by atoms with E-state index in [1.807, 2.05) is 0 Å². The summed E-state index contributed by atoms with van der Waals surface area (Å²) in [5, 5.41) is 9.00. The van der Waals surface area contributed by atoms with Crippen LogP contribution in [0.4, 0.5) is 0 Å². The van der Waals surface area contributed by atoms with Gasteiger partial charge in [-0.2, -0.15) is 0 Å². The maximum atomic E-state index is 10.9. The molecule has 0 heterocycles. The van der Waals surface area contributed by atoms with E-state index in [0.29, 0.717) is 12.5 Å². The van der Waals surface area contributed by atoms with Gasteiger partial charge in [0.05, 0.1) is 0 Å². The highest BCUT2D eigenvalue weighted by molar-refractivity contribution is 5.66. The average molecular weight is 398 g/mol. The molecule has 0 aliphatic carbocycles. The molecule has 0 fully saturated rings. The van der Waals surface area contributed by atoms with Gasteiger partial charge in [-0.3, -0.25) is 4.79 Å². The monoisotopic (exact) mass is 397 g/mol. The molecule has 0 aromatic carbocycles. The minimum atomic E-state index is -0.661. The van der Waals surface area contributed by atoms with Crippen LogP contribution in [0.5, 0.6) is 0 Å². The molecule has 28 heavy (non-hydrogen) atoms. The van der Waals surface area contributed by atoms with Crippen molar-refractivity contribution in [3.05, 3.63) is 0 Å². The number of nitrogens with zero attached hydrogens (tertiary/aromatic N) is 1. The summed E-state index contributed by atoms with van der Waals surface area (Å²) < 4.78 is 0. The maximum absolute atomic E-state index is 10.9. The van der Waals surface area contributed by atoms with Crippen molar-refractivity contribution in [3.63, 3.8) is 0 Å². The molecule has 3 heteroatoms. The minimum Gasteiger partial charge on any atom is -0.481 e. The Labute approximate surface area is 176 Å². The molecule has 0 aromatic rings. The standard InChI is InChI=1S/C25H51NO2/c1-4-6-8-10-12-14-16-18-22-26(24(3)20-21-25(27)28)23-19-17-15-13-11-9-7-5-2/h24H,4-23H2,1-3H3,(H,27,28). The van der Waals surface area contributed by atoms with Crippen molar-refractivity contribution in [2.75, 3.05) is 13.1 Å². The Morgan fingerprint density at radius 2 is 1.04 bits per heavy atom. The third-order valence-electron chi connectivity index (χ3n) is 6.00. The lowest BCUT2D eigenvalue weighted by Gasteiger charge is -2.29. The van der Waals surface area contributed by atoms with E-state index in [9.17, 15) is 4.79 Å². The van der Waals surface area contributed by atoms with E-state index < -0.39 is 5.97 Å². The molecule has 0 spiro atoms. The van der Waals surface area contributed by atoms with Crippen molar-refractivity contribution in [1.82, 2.24) is 4.90 Å². The Balaban J connectivity index is 3.96. The molecule has 0 aliphatic rings. The number of hydrogen-bond acceptors (Lipinski definition) is 2. The molecular weight excluding hydrogens is 346 g/mol. The van der Waals surface area contributed by atoms with Gasteiger partial charge in [0.1, 0.15) is 0 Å². The van der Waals surface area contributed by atoms with E-state index in [1.165, 1.54) is 103 Å². The fourth-order valence-electron chi connectivity index (χ4n) is 3.97. The lowest BCUT2D eigenvalue weighted by Crippen LogP contribution is -2.35. The van der Waals surface area contributed by atoms with Gasteiger partial charge >= 0.3 is 5.97 Å². The van der Waals surface area contributed by atoms with Gasteiger partial charge in [0.2, 0.25) is 0 Å². The molecular formula is C25H51NO2. The van der Waals surface area contributed by atoms with E-state index in [0.717, 1.165) is 19.5 Å². The second kappa shape index (κ2) is 21.1. The Kier molecular flexibility index (Phi) is 20.7. The number of carboxylic acids is 1. The van der Waals surface area contributed by atoms with E-state index in [2.05, 4.69) is 25.7 Å². The van der Waals surface area contributed by atoms with Crippen LogP contribution in [-0.4, -0.2) is 35.1 Å². The van der Waals surface area contributed by atoms with Gasteiger partial charge in [-0.1, -0.05) is 104 Å². The molecule has 168 valence electrons. The van der Waals surface area contributed by atoms with Crippen molar-refractivity contribution < 1.29 is 9.90 Å². The zero-order valence-electron chi connectivity index (χ0n) is 19.5. The van der Waals surface area contributed by atoms with Crippen LogP contribution in [0.2, 0.25) is 0 Å². The number of carbonyl (C=O) groups is 1. The lowest BCUT2D eigenvalue weighted by atomic mass is 10.1. The van der Waals surface area contributed by atoms with Crippen molar-refractivity contribution in [2.24, 2.45) is 0 Å². The van der Waals surface area contributed by atoms with Crippen molar-refractivity contribution >= 4 is 5.97 Å². The van der Waals surface area contributed by atoms with Crippen LogP contribution in [0.15, 0.2) is 0 Å². The van der Waals surface area contributed by atoms with Gasteiger partial charge in [0.25, 0.3) is 0 Å². The Morgan fingerprint density at radius 3 is 1.39 bits per heavy atom. The zero-order valence-corrected chi connectivity index (χ0v) is 19.5. The Hall–Kier alpha value is -0.570. The van der Waals surface area contributed by atoms with Crippen LogP contribution in [0, 0.1) is 0 Å². The first kappa shape index (κ1) is 27.4. The normalized spacial score (nSPS) is 12.6. The van der Waals surface area contributed by atoms with Gasteiger partial charge in [0, 0.05) is 12.5 Å². The third kappa shape index (κ3) is 18.8. The molecule has 1 N–H and O–H groups in total. The van der Waals surface area contributed by atoms with Gasteiger partial charge in [-0.15, -0.1) is 0 Å². The summed E-state index contributed by atoms with van der Waals surface area (Å²) >= 11 is 0. The van der Waals surface area contributed by atoms with E-state index >= 15 is 0 Å². The van der Waals surface area contributed by atoms with Crippen molar-refractivity contribution in [2.45, 2.75) is 142 Å². The van der Waals surface area contributed by atoms with Crippen LogP contribution < -0.4 is 0 Å².